The van der Waals surface area contributed by atoms with Crippen molar-refractivity contribution in [3.8, 4) is 0 Å². The van der Waals surface area contributed by atoms with Crippen LogP contribution in [0.5, 0.6) is 0 Å². The number of benzene rings is 1. The zero-order chi connectivity index (χ0) is 12.8. The Morgan fingerprint density at radius 3 is 2.24 bits per heavy atom. The third-order valence-corrected chi connectivity index (χ3v) is 2.13. The minimum atomic E-state index is -1.59. The van der Waals surface area contributed by atoms with Gasteiger partial charge in [0.25, 0.3) is 0 Å². The standard InChI is InChI=1S/C11H13NO5/c12-8(10(13)14)9(11(15)16)17-6-7-4-2-1-3-5-7/h1-5,8-9H,6,12H2,(H,13,14)(H,15,16)/t8-,9-/m1/s1. The number of ether oxygens (including phenoxy) is 1. The minimum absolute atomic E-state index is 0.00120. The van der Waals surface area contributed by atoms with Gasteiger partial charge < -0.3 is 20.7 Å². The van der Waals surface area contributed by atoms with Crippen LogP contribution >= 0.6 is 0 Å². The van der Waals surface area contributed by atoms with Gasteiger partial charge in [0.05, 0.1) is 6.61 Å². The van der Waals surface area contributed by atoms with Crippen LogP contribution in [0.2, 0.25) is 0 Å². The Kier molecular flexibility index (Phi) is 4.62. The number of rotatable bonds is 6. The van der Waals surface area contributed by atoms with Crippen LogP contribution in [0.4, 0.5) is 0 Å². The molecule has 0 amide bonds. The SMILES string of the molecule is N[C@@H](C(=O)O)[C@@H](OCc1ccccc1)C(=O)O. The first-order valence-electron chi connectivity index (χ1n) is 4.89. The molecular formula is C11H13NO5. The van der Waals surface area contributed by atoms with Crippen LogP contribution < -0.4 is 5.73 Å². The second-order valence-corrected chi connectivity index (χ2v) is 3.42. The van der Waals surface area contributed by atoms with Gasteiger partial charge in [0.15, 0.2) is 6.10 Å². The summed E-state index contributed by atoms with van der Waals surface area (Å²) in [5, 5.41) is 17.4. The molecular weight excluding hydrogens is 226 g/mol. The Hall–Kier alpha value is -1.92. The molecule has 0 aliphatic heterocycles. The molecule has 1 aromatic carbocycles. The zero-order valence-electron chi connectivity index (χ0n) is 8.95. The van der Waals surface area contributed by atoms with E-state index in [4.69, 9.17) is 20.7 Å². The van der Waals surface area contributed by atoms with Crippen LogP contribution in [0.25, 0.3) is 0 Å². The van der Waals surface area contributed by atoms with E-state index >= 15 is 0 Å². The van der Waals surface area contributed by atoms with Gasteiger partial charge in [0.1, 0.15) is 6.04 Å². The molecule has 0 aliphatic carbocycles. The van der Waals surface area contributed by atoms with Gasteiger partial charge in [0.2, 0.25) is 0 Å². The van der Waals surface area contributed by atoms with Gasteiger partial charge in [-0.15, -0.1) is 0 Å². The highest BCUT2D eigenvalue weighted by Crippen LogP contribution is 2.06. The monoisotopic (exact) mass is 239 g/mol. The second kappa shape index (κ2) is 5.97. The minimum Gasteiger partial charge on any atom is -0.480 e. The predicted molar refractivity (Wildman–Crippen MR) is 58.3 cm³/mol. The Morgan fingerprint density at radius 2 is 1.76 bits per heavy atom. The smallest absolute Gasteiger partial charge is 0.335 e. The lowest BCUT2D eigenvalue weighted by molar-refractivity contribution is -0.159. The lowest BCUT2D eigenvalue weighted by atomic mass is 10.1. The molecule has 92 valence electrons. The third kappa shape index (κ3) is 3.86. The topological polar surface area (TPSA) is 110 Å². The Morgan fingerprint density at radius 1 is 1.18 bits per heavy atom. The molecule has 0 aromatic heterocycles. The molecule has 0 bridgehead atoms. The molecule has 0 unspecified atom stereocenters. The first kappa shape index (κ1) is 13.1. The van der Waals surface area contributed by atoms with E-state index in [0.717, 1.165) is 5.56 Å². The Bertz CT molecular complexity index is 392. The van der Waals surface area contributed by atoms with Gasteiger partial charge in [-0.2, -0.15) is 0 Å². The van der Waals surface area contributed by atoms with Crippen molar-refractivity contribution in [2.24, 2.45) is 5.73 Å². The fourth-order valence-electron chi connectivity index (χ4n) is 1.22. The molecule has 0 saturated carbocycles. The van der Waals surface area contributed by atoms with Crippen molar-refractivity contribution in [3.63, 3.8) is 0 Å². The van der Waals surface area contributed by atoms with E-state index in [2.05, 4.69) is 0 Å². The highest BCUT2D eigenvalue weighted by molar-refractivity contribution is 5.84. The molecule has 1 aromatic rings. The molecule has 6 nitrogen and oxygen atoms in total. The molecule has 0 heterocycles. The van der Waals surface area contributed by atoms with E-state index in [-0.39, 0.29) is 6.61 Å². The van der Waals surface area contributed by atoms with E-state index in [1.54, 1.807) is 30.3 Å². The number of aliphatic carboxylic acids is 2. The van der Waals surface area contributed by atoms with Crippen molar-refractivity contribution in [2.75, 3.05) is 0 Å². The molecule has 0 spiro atoms. The molecule has 0 saturated heterocycles. The lowest BCUT2D eigenvalue weighted by Gasteiger charge is -2.17. The Balaban J connectivity index is 2.63. The molecule has 4 N–H and O–H groups in total. The number of hydrogen-bond acceptors (Lipinski definition) is 4. The van der Waals surface area contributed by atoms with E-state index in [1.165, 1.54) is 0 Å². The van der Waals surface area contributed by atoms with Gasteiger partial charge in [-0.3, -0.25) is 4.79 Å². The fraction of sp³-hybridized carbons (Fsp3) is 0.273. The summed E-state index contributed by atoms with van der Waals surface area (Å²) in [5.74, 6) is -2.80. The average molecular weight is 239 g/mol. The van der Waals surface area contributed by atoms with Crippen LogP contribution in [0, 0.1) is 0 Å². The van der Waals surface area contributed by atoms with Crippen molar-refractivity contribution in [3.05, 3.63) is 35.9 Å². The van der Waals surface area contributed by atoms with Gasteiger partial charge in [-0.1, -0.05) is 30.3 Å². The summed E-state index contributed by atoms with van der Waals surface area (Å²) < 4.78 is 5.01. The molecule has 0 fully saturated rings. The van der Waals surface area contributed by atoms with Gasteiger partial charge in [-0.05, 0) is 5.56 Å². The number of carbonyl (C=O) groups is 2. The van der Waals surface area contributed by atoms with E-state index in [1.807, 2.05) is 0 Å². The number of carboxylic acids is 2. The summed E-state index contributed by atoms with van der Waals surface area (Å²) in [4.78, 5) is 21.4. The van der Waals surface area contributed by atoms with Crippen molar-refractivity contribution < 1.29 is 24.5 Å². The molecule has 0 aliphatic rings. The quantitative estimate of drug-likeness (QED) is 0.648. The first-order valence-corrected chi connectivity index (χ1v) is 4.89. The van der Waals surface area contributed by atoms with Crippen molar-refractivity contribution in [2.45, 2.75) is 18.8 Å². The summed E-state index contributed by atoms with van der Waals surface area (Å²) in [5.41, 5.74) is 5.97. The molecule has 1 rings (SSSR count). The van der Waals surface area contributed by atoms with Gasteiger partial charge in [-0.25, -0.2) is 4.79 Å². The van der Waals surface area contributed by atoms with E-state index in [0.29, 0.717) is 0 Å². The molecule has 6 heteroatoms. The summed E-state index contributed by atoms with van der Waals surface area (Å²) in [6.45, 7) is -0.00120. The maximum atomic E-state index is 10.8. The van der Waals surface area contributed by atoms with Crippen LogP contribution in [-0.4, -0.2) is 34.3 Å². The second-order valence-electron chi connectivity index (χ2n) is 3.42. The number of carboxylic acid groups (broad SMARTS) is 2. The highest BCUT2D eigenvalue weighted by Gasteiger charge is 2.31. The zero-order valence-corrected chi connectivity index (χ0v) is 8.95. The van der Waals surface area contributed by atoms with Crippen LogP contribution in [-0.2, 0) is 20.9 Å². The third-order valence-electron chi connectivity index (χ3n) is 2.13. The number of nitrogens with two attached hydrogens (primary N) is 1. The van der Waals surface area contributed by atoms with Crippen molar-refractivity contribution in [1.29, 1.82) is 0 Å². The van der Waals surface area contributed by atoms with E-state index in [9.17, 15) is 9.59 Å². The largest absolute Gasteiger partial charge is 0.480 e. The molecule has 17 heavy (non-hydrogen) atoms. The Labute approximate surface area is 97.6 Å². The molecule has 0 radical (unpaired) electrons. The summed E-state index contributed by atoms with van der Waals surface area (Å²) in [6.07, 6.45) is -1.56. The summed E-state index contributed by atoms with van der Waals surface area (Å²) in [7, 11) is 0. The maximum absolute atomic E-state index is 10.8. The van der Waals surface area contributed by atoms with E-state index < -0.39 is 24.1 Å². The summed E-state index contributed by atoms with van der Waals surface area (Å²) in [6, 6.07) is 7.24. The normalized spacial score (nSPS) is 13.9. The number of hydrogen-bond donors (Lipinski definition) is 3. The lowest BCUT2D eigenvalue weighted by Crippen LogP contribution is -2.47. The summed E-state index contributed by atoms with van der Waals surface area (Å²) >= 11 is 0. The van der Waals surface area contributed by atoms with Gasteiger partial charge in [0, 0.05) is 0 Å². The van der Waals surface area contributed by atoms with Crippen LogP contribution in [0.1, 0.15) is 5.56 Å². The van der Waals surface area contributed by atoms with Crippen LogP contribution in [0.15, 0.2) is 30.3 Å². The maximum Gasteiger partial charge on any atom is 0.335 e. The fourth-order valence-corrected chi connectivity index (χ4v) is 1.22. The van der Waals surface area contributed by atoms with Crippen LogP contribution in [0.3, 0.4) is 0 Å². The van der Waals surface area contributed by atoms with Crippen molar-refractivity contribution in [1.82, 2.24) is 0 Å². The van der Waals surface area contributed by atoms with Crippen molar-refractivity contribution >= 4 is 11.9 Å². The highest BCUT2D eigenvalue weighted by atomic mass is 16.5. The average Bonchev–Trinajstić information content (AvgIpc) is 2.29. The predicted octanol–water partition coefficient (Wildman–Crippen LogP) is 0.0683. The van der Waals surface area contributed by atoms with Gasteiger partial charge >= 0.3 is 11.9 Å². The molecule has 2 atom stereocenters. The first-order chi connectivity index (χ1) is 8.02.